The van der Waals surface area contributed by atoms with E-state index in [1.807, 2.05) is 0 Å². The molecule has 1 N–H and O–H groups in total. The van der Waals surface area contributed by atoms with Gasteiger partial charge in [0.15, 0.2) is 0 Å². The minimum Gasteiger partial charge on any atom is -0.224 e. The largest absolute Gasteiger partial charge is 0.224 e. The molecule has 0 radical (unpaired) electrons. The maximum absolute atomic E-state index is 7.72. The van der Waals surface area contributed by atoms with Crippen LogP contribution in [0, 0.1) is 0 Å². The second kappa shape index (κ2) is 7.43. The molecule has 0 fully saturated rings. The third-order valence-electron chi connectivity index (χ3n) is 1.06. The molecule has 0 aliphatic rings. The number of hydrogen-bond donors (Lipinski definition) is 1. The minimum absolute atomic E-state index is 0.883. The second-order valence-electron chi connectivity index (χ2n) is 1.87. The van der Waals surface area contributed by atoms with Gasteiger partial charge in [0.1, 0.15) is 0 Å². The molecule has 0 aliphatic carbocycles. The molecule has 9 heavy (non-hydrogen) atoms. The molecule has 0 rings (SSSR count). The summed E-state index contributed by atoms with van der Waals surface area (Å²) in [6.45, 7) is 2.14. The van der Waals surface area contributed by atoms with Gasteiger partial charge in [-0.25, -0.2) is 4.99 Å². The van der Waals surface area contributed by atoms with E-state index in [1.54, 1.807) is 6.21 Å². The van der Waals surface area contributed by atoms with Gasteiger partial charge in [0, 0.05) is 6.21 Å². The average Bonchev–Trinajstić information content (AvgIpc) is 1.89. The highest BCUT2D eigenvalue weighted by Gasteiger charge is 1.81. The summed E-state index contributed by atoms with van der Waals surface area (Å²) in [5.41, 5.74) is 0. The Labute approximate surface area is 55.3 Å². The number of rotatable bonds is 5. The smallest absolute Gasteiger partial charge is 0.0477 e. The monoisotopic (exact) mass is 131 g/mol. The van der Waals surface area contributed by atoms with Crippen LogP contribution in [0.25, 0.3) is 0 Å². The van der Waals surface area contributed by atoms with Crippen LogP contribution in [-0.4, -0.2) is 11.5 Å². The standard InChI is InChI=1S/C6H13NO2/c1-2-3-4-5-6-7-9-8/h6,8H,2-5H2,1H3. The number of unbranched alkanes of at least 4 members (excludes halogenated alkanes) is 3. The van der Waals surface area contributed by atoms with Crippen LogP contribution in [0.4, 0.5) is 0 Å². The zero-order valence-electron chi connectivity index (χ0n) is 5.71. The maximum atomic E-state index is 7.72. The summed E-state index contributed by atoms with van der Waals surface area (Å²) in [7, 11) is 0. The highest BCUT2D eigenvalue weighted by molar-refractivity contribution is 5.55. The summed E-state index contributed by atoms with van der Waals surface area (Å²) >= 11 is 0. The van der Waals surface area contributed by atoms with Crippen LogP contribution in [0.3, 0.4) is 0 Å². The first-order valence-corrected chi connectivity index (χ1v) is 3.24. The molecule has 0 amide bonds. The first-order chi connectivity index (χ1) is 4.41. The van der Waals surface area contributed by atoms with Crippen molar-refractivity contribution in [2.24, 2.45) is 5.16 Å². The van der Waals surface area contributed by atoms with Crippen molar-refractivity contribution >= 4 is 6.21 Å². The van der Waals surface area contributed by atoms with Crippen LogP contribution in [-0.2, 0) is 4.99 Å². The third-order valence-corrected chi connectivity index (χ3v) is 1.06. The quantitative estimate of drug-likeness (QED) is 0.268. The van der Waals surface area contributed by atoms with E-state index < -0.39 is 0 Å². The SMILES string of the molecule is CCCCCC=NOO. The first-order valence-electron chi connectivity index (χ1n) is 3.24. The van der Waals surface area contributed by atoms with Crippen molar-refractivity contribution in [3.05, 3.63) is 0 Å². The summed E-state index contributed by atoms with van der Waals surface area (Å²) in [4.78, 5) is 3.49. The number of nitrogens with zero attached hydrogens (tertiary/aromatic N) is 1. The summed E-state index contributed by atoms with van der Waals surface area (Å²) in [5.74, 6) is 0. The van der Waals surface area contributed by atoms with Gasteiger partial charge in [-0.05, 0) is 12.8 Å². The lowest BCUT2D eigenvalue weighted by Gasteiger charge is -1.88. The predicted octanol–water partition coefficient (Wildman–Crippen LogP) is 2.04. The molecule has 0 saturated heterocycles. The number of oxime groups is 1. The maximum Gasteiger partial charge on any atom is 0.0477 e. The van der Waals surface area contributed by atoms with Gasteiger partial charge < -0.3 is 0 Å². The fourth-order valence-electron chi connectivity index (χ4n) is 0.572. The topological polar surface area (TPSA) is 41.8 Å². The van der Waals surface area contributed by atoms with Crippen molar-refractivity contribution in [3.8, 4) is 0 Å². The molecule has 0 aromatic rings. The Kier molecular flexibility index (Phi) is 6.96. The Morgan fingerprint density at radius 1 is 1.56 bits per heavy atom. The summed E-state index contributed by atoms with van der Waals surface area (Å²) in [6.07, 6.45) is 5.97. The van der Waals surface area contributed by atoms with E-state index in [4.69, 9.17) is 5.26 Å². The van der Waals surface area contributed by atoms with Gasteiger partial charge in [0.05, 0.1) is 0 Å². The molecule has 0 saturated carbocycles. The van der Waals surface area contributed by atoms with Crippen molar-refractivity contribution in [1.29, 1.82) is 0 Å². The zero-order valence-corrected chi connectivity index (χ0v) is 5.71. The third kappa shape index (κ3) is 7.43. The Balaban J connectivity index is 2.82. The van der Waals surface area contributed by atoms with Crippen molar-refractivity contribution < 1.29 is 10.2 Å². The van der Waals surface area contributed by atoms with E-state index in [0.717, 1.165) is 12.8 Å². The summed E-state index contributed by atoms with van der Waals surface area (Å²) in [6, 6.07) is 0. The molecule has 0 spiro atoms. The lowest BCUT2D eigenvalue weighted by Crippen LogP contribution is -1.78. The molecule has 3 nitrogen and oxygen atoms in total. The molecule has 0 aromatic heterocycles. The summed E-state index contributed by atoms with van der Waals surface area (Å²) < 4.78 is 0. The van der Waals surface area contributed by atoms with Gasteiger partial charge in [-0.15, -0.1) is 0 Å². The fourth-order valence-corrected chi connectivity index (χ4v) is 0.572. The van der Waals surface area contributed by atoms with Crippen LogP contribution in [0.15, 0.2) is 5.16 Å². The molecular weight excluding hydrogens is 118 g/mol. The minimum atomic E-state index is 0.883. The second-order valence-corrected chi connectivity index (χ2v) is 1.87. The van der Waals surface area contributed by atoms with Gasteiger partial charge >= 0.3 is 0 Å². The Morgan fingerprint density at radius 2 is 2.33 bits per heavy atom. The fraction of sp³-hybridized carbons (Fsp3) is 0.833. The highest BCUT2D eigenvalue weighted by atomic mass is 17.2. The molecule has 0 unspecified atom stereocenters. The molecule has 0 bridgehead atoms. The van der Waals surface area contributed by atoms with E-state index in [-0.39, 0.29) is 0 Å². The zero-order chi connectivity index (χ0) is 6.95. The number of hydrogen-bond acceptors (Lipinski definition) is 3. The van der Waals surface area contributed by atoms with Gasteiger partial charge in [-0.3, -0.25) is 0 Å². The first kappa shape index (κ1) is 8.43. The molecule has 0 aliphatic heterocycles. The van der Waals surface area contributed by atoms with Crippen molar-refractivity contribution in [2.75, 3.05) is 0 Å². The van der Waals surface area contributed by atoms with E-state index in [1.165, 1.54) is 12.8 Å². The predicted molar refractivity (Wildman–Crippen MR) is 36.3 cm³/mol. The van der Waals surface area contributed by atoms with Crippen LogP contribution < -0.4 is 0 Å². The lowest BCUT2D eigenvalue weighted by molar-refractivity contribution is -0.242. The van der Waals surface area contributed by atoms with Crippen LogP contribution in [0.5, 0.6) is 0 Å². The van der Waals surface area contributed by atoms with E-state index >= 15 is 0 Å². The molecule has 54 valence electrons. The van der Waals surface area contributed by atoms with Gasteiger partial charge in [-0.2, -0.15) is 5.26 Å². The van der Waals surface area contributed by atoms with Crippen LogP contribution in [0.2, 0.25) is 0 Å². The van der Waals surface area contributed by atoms with Crippen LogP contribution >= 0.6 is 0 Å². The van der Waals surface area contributed by atoms with Gasteiger partial charge in [0.25, 0.3) is 0 Å². The average molecular weight is 131 g/mol. The van der Waals surface area contributed by atoms with Gasteiger partial charge in [0.2, 0.25) is 0 Å². The van der Waals surface area contributed by atoms with E-state index in [0.29, 0.717) is 0 Å². The van der Waals surface area contributed by atoms with E-state index in [9.17, 15) is 0 Å². The van der Waals surface area contributed by atoms with E-state index in [2.05, 4.69) is 17.1 Å². The molecule has 0 atom stereocenters. The Morgan fingerprint density at radius 3 is 2.89 bits per heavy atom. The van der Waals surface area contributed by atoms with Crippen molar-refractivity contribution in [2.45, 2.75) is 32.6 Å². The molecule has 3 heteroatoms. The van der Waals surface area contributed by atoms with Crippen LogP contribution in [0.1, 0.15) is 32.6 Å². The molecular formula is C6H13NO2. The Hall–Kier alpha value is -0.570. The highest BCUT2D eigenvalue weighted by Crippen LogP contribution is 1.95. The van der Waals surface area contributed by atoms with Crippen molar-refractivity contribution in [1.82, 2.24) is 0 Å². The normalized spacial score (nSPS) is 10.4. The molecule has 0 aromatic carbocycles. The lowest BCUT2D eigenvalue weighted by atomic mass is 10.2. The molecule has 0 heterocycles. The summed E-state index contributed by atoms with van der Waals surface area (Å²) in [5, 5.41) is 10.9. The van der Waals surface area contributed by atoms with Crippen molar-refractivity contribution in [3.63, 3.8) is 0 Å². The Bertz CT molecular complexity index is 73.5. The van der Waals surface area contributed by atoms with Gasteiger partial charge in [-0.1, -0.05) is 24.9 Å².